The van der Waals surface area contributed by atoms with Crippen molar-refractivity contribution in [3.05, 3.63) is 17.5 Å². The summed E-state index contributed by atoms with van der Waals surface area (Å²) >= 11 is 0. The first-order valence-electron chi connectivity index (χ1n) is 4.14. The van der Waals surface area contributed by atoms with Gasteiger partial charge in [-0.15, -0.1) is 0 Å². The predicted octanol–water partition coefficient (Wildman–Crippen LogP) is -0.179. The summed E-state index contributed by atoms with van der Waals surface area (Å²) in [6, 6.07) is 0. The van der Waals surface area contributed by atoms with Gasteiger partial charge in [-0.05, 0) is 7.05 Å². The third-order valence-electron chi connectivity index (χ3n) is 2.11. The van der Waals surface area contributed by atoms with E-state index >= 15 is 0 Å². The lowest BCUT2D eigenvalue weighted by atomic mass is 10.3. The Kier molecular flexibility index (Phi) is 1.86. The topological polar surface area (TPSA) is 41.3 Å². The van der Waals surface area contributed by atoms with Crippen LogP contribution >= 0.6 is 0 Å². The number of aliphatic hydroxyl groups excluding tert-OH is 1. The van der Waals surface area contributed by atoms with Crippen LogP contribution in [0.3, 0.4) is 0 Å². The van der Waals surface area contributed by atoms with E-state index in [1.54, 1.807) is 0 Å². The number of rotatable bonds is 2. The smallest absolute Gasteiger partial charge is 0.0809 e. The van der Waals surface area contributed by atoms with Crippen molar-refractivity contribution in [1.82, 2.24) is 14.7 Å². The van der Waals surface area contributed by atoms with Crippen LogP contribution in [0, 0.1) is 0 Å². The Morgan fingerprint density at radius 2 is 2.42 bits per heavy atom. The van der Waals surface area contributed by atoms with Crippen molar-refractivity contribution in [3.63, 3.8) is 0 Å². The quantitative estimate of drug-likeness (QED) is 0.664. The molecule has 0 atom stereocenters. The molecular formula is C8H13N3O. The second-order valence-electron chi connectivity index (χ2n) is 3.26. The molecule has 12 heavy (non-hydrogen) atoms. The molecule has 1 aliphatic rings. The second-order valence-corrected chi connectivity index (χ2v) is 3.26. The molecule has 0 unspecified atom stereocenters. The van der Waals surface area contributed by atoms with Crippen LogP contribution in [0.25, 0.3) is 0 Å². The largest absolute Gasteiger partial charge is 0.394 e. The fourth-order valence-electron chi connectivity index (χ4n) is 1.59. The maximum Gasteiger partial charge on any atom is 0.0809 e. The summed E-state index contributed by atoms with van der Waals surface area (Å²) in [5, 5.41) is 13.0. The van der Waals surface area contributed by atoms with Crippen LogP contribution in [0.4, 0.5) is 0 Å². The summed E-state index contributed by atoms with van der Waals surface area (Å²) in [4.78, 5) is 2.22. The molecule has 0 saturated carbocycles. The third kappa shape index (κ3) is 1.23. The SMILES string of the molecule is CN1Cc2cn(CCO)nc2C1. The van der Waals surface area contributed by atoms with Gasteiger partial charge in [0.25, 0.3) is 0 Å². The van der Waals surface area contributed by atoms with Crippen LogP contribution in [0.2, 0.25) is 0 Å². The van der Waals surface area contributed by atoms with E-state index < -0.39 is 0 Å². The van der Waals surface area contributed by atoms with Crippen molar-refractivity contribution in [2.45, 2.75) is 19.6 Å². The van der Waals surface area contributed by atoms with Crippen molar-refractivity contribution < 1.29 is 5.11 Å². The van der Waals surface area contributed by atoms with Gasteiger partial charge in [-0.1, -0.05) is 0 Å². The van der Waals surface area contributed by atoms with Gasteiger partial charge in [-0.3, -0.25) is 9.58 Å². The number of aromatic nitrogens is 2. The molecule has 66 valence electrons. The predicted molar refractivity (Wildman–Crippen MR) is 44.5 cm³/mol. The zero-order chi connectivity index (χ0) is 8.55. The lowest BCUT2D eigenvalue weighted by molar-refractivity contribution is 0.267. The summed E-state index contributed by atoms with van der Waals surface area (Å²) in [6.07, 6.45) is 2.02. The van der Waals surface area contributed by atoms with Gasteiger partial charge in [0.1, 0.15) is 0 Å². The van der Waals surface area contributed by atoms with E-state index in [2.05, 4.69) is 17.0 Å². The van der Waals surface area contributed by atoms with E-state index in [4.69, 9.17) is 5.11 Å². The van der Waals surface area contributed by atoms with Gasteiger partial charge in [-0.25, -0.2) is 0 Å². The number of hydrogen-bond acceptors (Lipinski definition) is 3. The van der Waals surface area contributed by atoms with Crippen molar-refractivity contribution >= 4 is 0 Å². The van der Waals surface area contributed by atoms with Crippen LogP contribution in [-0.4, -0.2) is 33.4 Å². The lowest BCUT2D eigenvalue weighted by Crippen LogP contribution is -2.11. The molecule has 0 spiro atoms. The van der Waals surface area contributed by atoms with Crippen LogP contribution in [0.1, 0.15) is 11.3 Å². The normalized spacial score (nSPS) is 16.8. The first-order valence-corrected chi connectivity index (χ1v) is 4.14. The molecule has 0 bridgehead atoms. The van der Waals surface area contributed by atoms with Crippen molar-refractivity contribution in [3.8, 4) is 0 Å². The van der Waals surface area contributed by atoms with E-state index in [1.165, 1.54) is 5.56 Å². The molecule has 2 heterocycles. The number of nitrogens with zero attached hydrogens (tertiary/aromatic N) is 3. The summed E-state index contributed by atoms with van der Waals surface area (Å²) in [6.45, 7) is 2.70. The third-order valence-corrected chi connectivity index (χ3v) is 2.11. The maximum absolute atomic E-state index is 8.69. The van der Waals surface area contributed by atoms with Crippen molar-refractivity contribution in [2.24, 2.45) is 0 Å². The van der Waals surface area contributed by atoms with Gasteiger partial charge in [-0.2, -0.15) is 5.10 Å². The highest BCUT2D eigenvalue weighted by molar-refractivity contribution is 5.20. The molecule has 4 nitrogen and oxygen atoms in total. The first-order chi connectivity index (χ1) is 5.79. The average molecular weight is 167 g/mol. The molecule has 1 aromatic heterocycles. The Morgan fingerprint density at radius 3 is 3.08 bits per heavy atom. The molecular weight excluding hydrogens is 154 g/mol. The van der Waals surface area contributed by atoms with Gasteiger partial charge >= 0.3 is 0 Å². The minimum Gasteiger partial charge on any atom is -0.394 e. The summed E-state index contributed by atoms with van der Waals surface area (Å²) in [5.74, 6) is 0. The number of aliphatic hydroxyl groups is 1. The Labute approximate surface area is 71.4 Å². The molecule has 0 radical (unpaired) electrons. The van der Waals surface area contributed by atoms with Crippen molar-refractivity contribution in [1.29, 1.82) is 0 Å². The Balaban J connectivity index is 2.17. The van der Waals surface area contributed by atoms with Crippen molar-refractivity contribution in [2.75, 3.05) is 13.7 Å². The number of hydrogen-bond donors (Lipinski definition) is 1. The molecule has 4 heteroatoms. The van der Waals surface area contributed by atoms with Gasteiger partial charge < -0.3 is 5.11 Å². The summed E-state index contributed by atoms with van der Waals surface area (Å²) < 4.78 is 1.82. The van der Waals surface area contributed by atoms with Gasteiger partial charge in [0.15, 0.2) is 0 Å². The Bertz CT molecular complexity index is 258. The standard InChI is InChI=1S/C8H13N3O/c1-10-4-7-5-11(2-3-12)9-8(7)6-10/h5,12H,2-4,6H2,1H3. The average Bonchev–Trinajstić information content (AvgIpc) is 2.44. The molecule has 0 aromatic carbocycles. The van der Waals surface area contributed by atoms with Gasteiger partial charge in [0, 0.05) is 24.8 Å². The highest BCUT2D eigenvalue weighted by Crippen LogP contribution is 2.18. The number of fused-ring (bicyclic) bond motifs is 1. The van der Waals surface area contributed by atoms with Crippen LogP contribution in [-0.2, 0) is 19.6 Å². The van der Waals surface area contributed by atoms with E-state index in [1.807, 2.05) is 10.9 Å². The van der Waals surface area contributed by atoms with E-state index in [0.717, 1.165) is 18.8 Å². The molecule has 1 aliphatic heterocycles. The Hall–Kier alpha value is -0.870. The molecule has 0 aliphatic carbocycles. The van der Waals surface area contributed by atoms with E-state index in [-0.39, 0.29) is 6.61 Å². The molecule has 1 aromatic rings. The highest BCUT2D eigenvalue weighted by atomic mass is 16.3. The first kappa shape index (κ1) is 7.76. The lowest BCUT2D eigenvalue weighted by Gasteiger charge is -2.05. The second kappa shape index (κ2) is 2.88. The fraction of sp³-hybridized carbons (Fsp3) is 0.625. The van der Waals surface area contributed by atoms with E-state index in [0.29, 0.717) is 6.54 Å². The zero-order valence-electron chi connectivity index (χ0n) is 7.19. The van der Waals surface area contributed by atoms with Gasteiger partial charge in [0.05, 0.1) is 18.8 Å². The molecule has 0 fully saturated rings. The molecule has 0 saturated heterocycles. The molecule has 0 amide bonds. The zero-order valence-corrected chi connectivity index (χ0v) is 7.19. The minimum absolute atomic E-state index is 0.163. The monoisotopic (exact) mass is 167 g/mol. The van der Waals surface area contributed by atoms with Crippen LogP contribution in [0.5, 0.6) is 0 Å². The Morgan fingerprint density at radius 1 is 1.58 bits per heavy atom. The minimum atomic E-state index is 0.163. The molecule has 1 N–H and O–H groups in total. The van der Waals surface area contributed by atoms with Crippen LogP contribution < -0.4 is 0 Å². The fourth-order valence-corrected chi connectivity index (χ4v) is 1.59. The maximum atomic E-state index is 8.69. The van der Waals surface area contributed by atoms with Gasteiger partial charge in [0.2, 0.25) is 0 Å². The van der Waals surface area contributed by atoms with E-state index in [9.17, 15) is 0 Å². The summed E-state index contributed by atoms with van der Waals surface area (Å²) in [5.41, 5.74) is 2.46. The molecule has 2 rings (SSSR count). The highest BCUT2D eigenvalue weighted by Gasteiger charge is 2.18. The van der Waals surface area contributed by atoms with Crippen LogP contribution in [0.15, 0.2) is 6.20 Å². The summed E-state index contributed by atoms with van der Waals surface area (Å²) in [7, 11) is 2.08.